The van der Waals surface area contributed by atoms with E-state index in [1.54, 1.807) is 0 Å². The number of aliphatic hydroxyl groups excluding tert-OH is 1. The van der Waals surface area contributed by atoms with Gasteiger partial charge in [0, 0.05) is 61.5 Å². The number of nitrogens with zero attached hydrogens (tertiary/aromatic N) is 2. The second-order valence-corrected chi connectivity index (χ2v) is 12.2. The van der Waals surface area contributed by atoms with Crippen molar-refractivity contribution >= 4 is 107 Å². The summed E-state index contributed by atoms with van der Waals surface area (Å²) in [5, 5.41) is 16.1. The Bertz CT molecular complexity index is 1490. The van der Waals surface area contributed by atoms with Crippen LogP contribution in [0.2, 0.25) is 0 Å². The molecule has 2 heterocycles. The zero-order valence-corrected chi connectivity index (χ0v) is 24.1. The van der Waals surface area contributed by atoms with Gasteiger partial charge in [0.1, 0.15) is 0 Å². The zero-order chi connectivity index (χ0) is 23.6. The molecule has 0 amide bonds. The van der Waals surface area contributed by atoms with E-state index in [9.17, 15) is 5.11 Å². The van der Waals surface area contributed by atoms with E-state index < -0.39 is 6.10 Å². The average molecular weight is 706 g/mol. The van der Waals surface area contributed by atoms with Crippen LogP contribution in [0.1, 0.15) is 0 Å². The molecule has 6 aromatic rings. The van der Waals surface area contributed by atoms with Crippen molar-refractivity contribution in [3.8, 4) is 0 Å². The highest BCUT2D eigenvalue weighted by Gasteiger charge is 2.18. The summed E-state index contributed by atoms with van der Waals surface area (Å²) in [6, 6.07) is 25.3. The van der Waals surface area contributed by atoms with Gasteiger partial charge in [0.2, 0.25) is 0 Å². The molecule has 170 valence electrons. The van der Waals surface area contributed by atoms with Crippen LogP contribution in [0.5, 0.6) is 0 Å². The van der Waals surface area contributed by atoms with Crippen LogP contribution >= 0.6 is 63.7 Å². The number of aliphatic hydroxyl groups is 1. The van der Waals surface area contributed by atoms with Gasteiger partial charge in [0.05, 0.1) is 19.2 Å². The molecular formula is C27H18Br4N2O. The number of aromatic nitrogens is 2. The van der Waals surface area contributed by atoms with Crippen molar-refractivity contribution in [3.63, 3.8) is 0 Å². The van der Waals surface area contributed by atoms with E-state index >= 15 is 0 Å². The molecule has 3 nitrogen and oxygen atoms in total. The van der Waals surface area contributed by atoms with Gasteiger partial charge < -0.3 is 14.2 Å². The molecular weight excluding hydrogens is 688 g/mol. The van der Waals surface area contributed by atoms with Crippen molar-refractivity contribution < 1.29 is 5.11 Å². The van der Waals surface area contributed by atoms with Gasteiger partial charge in [-0.3, -0.25) is 0 Å². The van der Waals surface area contributed by atoms with Crippen LogP contribution in [-0.2, 0) is 13.1 Å². The van der Waals surface area contributed by atoms with Crippen molar-refractivity contribution in [1.82, 2.24) is 9.13 Å². The van der Waals surface area contributed by atoms with Gasteiger partial charge in [-0.25, -0.2) is 0 Å². The topological polar surface area (TPSA) is 30.1 Å². The summed E-state index contributed by atoms with van der Waals surface area (Å²) in [6.07, 6.45) is -0.572. The molecule has 34 heavy (non-hydrogen) atoms. The number of fused-ring (bicyclic) bond motifs is 6. The predicted octanol–water partition coefficient (Wildman–Crippen LogP) is 9.01. The van der Waals surface area contributed by atoms with Crippen LogP contribution in [0.4, 0.5) is 0 Å². The summed E-state index contributed by atoms with van der Waals surface area (Å²) in [5.41, 5.74) is 4.46. The number of hydrogen-bond donors (Lipinski definition) is 1. The average Bonchev–Trinajstić information content (AvgIpc) is 3.25. The lowest BCUT2D eigenvalue weighted by molar-refractivity contribution is 0.140. The summed E-state index contributed by atoms with van der Waals surface area (Å²) in [5.74, 6) is 0. The molecule has 0 radical (unpaired) electrons. The van der Waals surface area contributed by atoms with Gasteiger partial charge in [-0.05, 0) is 72.8 Å². The highest BCUT2D eigenvalue weighted by Crippen LogP contribution is 2.35. The Labute approximate surface area is 229 Å². The summed E-state index contributed by atoms with van der Waals surface area (Å²) >= 11 is 14.4. The number of benzene rings is 4. The van der Waals surface area contributed by atoms with Crippen molar-refractivity contribution in [3.05, 3.63) is 90.7 Å². The molecule has 1 N–H and O–H groups in total. The lowest BCUT2D eigenvalue weighted by Crippen LogP contribution is -2.22. The second kappa shape index (κ2) is 8.79. The first-order valence-corrected chi connectivity index (χ1v) is 14.0. The van der Waals surface area contributed by atoms with Crippen LogP contribution in [0.3, 0.4) is 0 Å². The number of hydrogen-bond acceptors (Lipinski definition) is 1. The third kappa shape index (κ3) is 3.86. The Balaban J connectivity index is 1.45. The molecule has 6 rings (SSSR count). The lowest BCUT2D eigenvalue weighted by Gasteiger charge is -2.17. The largest absolute Gasteiger partial charge is 0.389 e. The Hall–Kier alpha value is -1.64. The van der Waals surface area contributed by atoms with E-state index in [-0.39, 0.29) is 0 Å². The fraction of sp³-hybridized carbons (Fsp3) is 0.111. The van der Waals surface area contributed by atoms with Crippen molar-refractivity contribution in [2.45, 2.75) is 19.2 Å². The van der Waals surface area contributed by atoms with E-state index in [0.717, 1.165) is 40.0 Å². The van der Waals surface area contributed by atoms with Crippen LogP contribution < -0.4 is 0 Å². The van der Waals surface area contributed by atoms with Gasteiger partial charge in [0.15, 0.2) is 0 Å². The predicted molar refractivity (Wildman–Crippen MR) is 156 cm³/mol. The fourth-order valence-corrected chi connectivity index (χ4v) is 6.41. The fourth-order valence-electron chi connectivity index (χ4n) is 4.97. The summed E-state index contributed by atoms with van der Waals surface area (Å²) in [6.45, 7) is 0.995. The maximum absolute atomic E-state index is 11.4. The third-order valence-corrected chi connectivity index (χ3v) is 8.34. The first-order chi connectivity index (χ1) is 16.4. The normalized spacial score (nSPS) is 12.2. The minimum atomic E-state index is -0.572. The highest BCUT2D eigenvalue weighted by molar-refractivity contribution is 9.11. The first-order valence-electron chi connectivity index (χ1n) is 10.8. The van der Waals surface area contributed by atoms with Gasteiger partial charge in [-0.1, -0.05) is 63.7 Å². The molecule has 0 unspecified atom stereocenters. The molecule has 0 atom stereocenters. The second-order valence-electron chi connectivity index (χ2n) is 8.52. The van der Waals surface area contributed by atoms with Gasteiger partial charge >= 0.3 is 0 Å². The minimum Gasteiger partial charge on any atom is -0.389 e. The molecule has 2 aromatic heterocycles. The maximum Gasteiger partial charge on any atom is 0.0898 e. The molecule has 0 bridgehead atoms. The molecule has 0 aliphatic rings. The van der Waals surface area contributed by atoms with Gasteiger partial charge in [0.25, 0.3) is 0 Å². The molecule has 0 saturated heterocycles. The molecule has 7 heteroatoms. The number of rotatable bonds is 4. The molecule has 0 spiro atoms. The van der Waals surface area contributed by atoms with Crippen LogP contribution in [-0.4, -0.2) is 20.3 Å². The summed E-state index contributed by atoms with van der Waals surface area (Å²) < 4.78 is 8.64. The Morgan fingerprint density at radius 3 is 1.03 bits per heavy atom. The van der Waals surface area contributed by atoms with Crippen LogP contribution in [0.25, 0.3) is 43.6 Å². The summed E-state index contributed by atoms with van der Waals surface area (Å²) in [4.78, 5) is 0. The third-order valence-electron chi connectivity index (χ3n) is 6.36. The molecule has 4 aromatic carbocycles. The summed E-state index contributed by atoms with van der Waals surface area (Å²) in [7, 11) is 0. The van der Waals surface area contributed by atoms with E-state index in [1.807, 2.05) is 0 Å². The minimum absolute atomic E-state index is 0.498. The molecule has 0 aliphatic carbocycles. The quantitative estimate of drug-likeness (QED) is 0.195. The highest BCUT2D eigenvalue weighted by atomic mass is 79.9. The zero-order valence-electron chi connectivity index (χ0n) is 17.8. The van der Waals surface area contributed by atoms with Gasteiger partial charge in [-0.2, -0.15) is 0 Å². The van der Waals surface area contributed by atoms with Crippen molar-refractivity contribution in [1.29, 1.82) is 0 Å². The van der Waals surface area contributed by atoms with E-state index in [0.29, 0.717) is 13.1 Å². The maximum atomic E-state index is 11.4. The standard InChI is InChI=1S/C27H18Br4N2O/c28-15-1-5-24-20(9-15)21-10-16(29)2-6-25(21)32(24)13-19(34)14-33-26-7-3-17(30)11-22(26)23-12-18(31)4-8-27(23)33/h1-12,19,34H,13-14H2. The molecule has 0 fully saturated rings. The van der Waals surface area contributed by atoms with Gasteiger partial charge in [-0.15, -0.1) is 0 Å². The Morgan fingerprint density at radius 1 is 0.500 bits per heavy atom. The van der Waals surface area contributed by atoms with E-state index in [2.05, 4.69) is 146 Å². The van der Waals surface area contributed by atoms with E-state index in [1.165, 1.54) is 21.5 Å². The van der Waals surface area contributed by atoms with Crippen molar-refractivity contribution in [2.24, 2.45) is 0 Å². The smallest absolute Gasteiger partial charge is 0.0898 e. The lowest BCUT2D eigenvalue weighted by atomic mass is 10.2. The number of halogens is 4. The Kier molecular flexibility index (Phi) is 5.89. The monoisotopic (exact) mass is 702 g/mol. The van der Waals surface area contributed by atoms with E-state index in [4.69, 9.17) is 0 Å². The SMILES string of the molecule is OC(Cn1c2ccc(Br)cc2c2cc(Br)ccc21)Cn1c2ccc(Br)cc2c2cc(Br)ccc21. The Morgan fingerprint density at radius 2 is 0.765 bits per heavy atom. The molecule has 0 saturated carbocycles. The van der Waals surface area contributed by atoms with Crippen LogP contribution in [0.15, 0.2) is 90.7 Å². The van der Waals surface area contributed by atoms with Crippen LogP contribution in [0, 0.1) is 0 Å². The van der Waals surface area contributed by atoms with Crippen molar-refractivity contribution in [2.75, 3.05) is 0 Å². The molecule has 0 aliphatic heterocycles. The first kappa shape index (κ1) is 22.8.